The minimum absolute atomic E-state index is 0.00919. The van der Waals surface area contributed by atoms with Gasteiger partial charge in [-0.1, -0.05) is 0 Å². The van der Waals surface area contributed by atoms with Gasteiger partial charge in [-0.3, -0.25) is 4.79 Å². The Morgan fingerprint density at radius 2 is 1.59 bits per heavy atom. The number of hydrogen-bond acceptors (Lipinski definition) is 6. The smallest absolute Gasteiger partial charge is 0.340 e. The van der Waals surface area contributed by atoms with Crippen molar-refractivity contribution in [3.63, 3.8) is 0 Å². The molecule has 0 unspecified atom stereocenters. The molecule has 1 amide bonds. The molecule has 3 rings (SSSR count). The number of furan rings is 1. The maximum Gasteiger partial charge on any atom is 0.340 e. The van der Waals surface area contributed by atoms with E-state index in [9.17, 15) is 14.0 Å². The molecule has 0 atom stereocenters. The Balaban J connectivity index is 1.90. The van der Waals surface area contributed by atoms with Gasteiger partial charge >= 0.3 is 5.97 Å². The van der Waals surface area contributed by atoms with E-state index < -0.39 is 11.9 Å². The third kappa shape index (κ3) is 4.21. The Bertz CT molecular complexity index is 1040. The molecule has 8 heteroatoms. The molecule has 0 aliphatic carbocycles. The quantitative estimate of drug-likeness (QED) is 0.627. The van der Waals surface area contributed by atoms with Crippen LogP contribution in [0, 0.1) is 5.82 Å². The molecule has 7 nitrogen and oxygen atoms in total. The zero-order valence-electron chi connectivity index (χ0n) is 15.9. The summed E-state index contributed by atoms with van der Waals surface area (Å²) >= 11 is 0. The van der Waals surface area contributed by atoms with Crippen LogP contribution < -0.4 is 14.8 Å². The lowest BCUT2D eigenvalue weighted by atomic mass is 10.1. The van der Waals surface area contributed by atoms with Crippen molar-refractivity contribution < 1.29 is 32.6 Å². The molecular weight excluding hydrogens is 381 g/mol. The molecule has 1 aromatic heterocycles. The van der Waals surface area contributed by atoms with E-state index in [0.29, 0.717) is 22.8 Å². The number of methoxy groups -OCH3 is 3. The van der Waals surface area contributed by atoms with Crippen LogP contribution in [-0.2, 0) is 4.74 Å². The van der Waals surface area contributed by atoms with Gasteiger partial charge in [-0.2, -0.15) is 0 Å². The van der Waals surface area contributed by atoms with Crippen molar-refractivity contribution in [3.8, 4) is 22.8 Å². The number of hydrogen-bond donors (Lipinski definition) is 1. The summed E-state index contributed by atoms with van der Waals surface area (Å²) in [4.78, 5) is 24.8. The minimum Gasteiger partial charge on any atom is -0.493 e. The number of rotatable bonds is 6. The van der Waals surface area contributed by atoms with Crippen LogP contribution in [0.1, 0.15) is 20.9 Å². The van der Waals surface area contributed by atoms with Crippen LogP contribution >= 0.6 is 0 Å². The largest absolute Gasteiger partial charge is 0.493 e. The van der Waals surface area contributed by atoms with Gasteiger partial charge in [0.15, 0.2) is 17.3 Å². The topological polar surface area (TPSA) is 87.0 Å². The van der Waals surface area contributed by atoms with Crippen LogP contribution in [0.4, 0.5) is 10.1 Å². The lowest BCUT2D eigenvalue weighted by Crippen LogP contribution is -2.15. The van der Waals surface area contributed by atoms with Crippen LogP contribution in [0.2, 0.25) is 0 Å². The summed E-state index contributed by atoms with van der Waals surface area (Å²) in [6.07, 6.45) is 0. The van der Waals surface area contributed by atoms with E-state index in [-0.39, 0.29) is 22.8 Å². The predicted octanol–water partition coefficient (Wildman–Crippen LogP) is 4.14. The second kappa shape index (κ2) is 8.47. The van der Waals surface area contributed by atoms with Gasteiger partial charge in [0.05, 0.1) is 32.6 Å². The molecule has 29 heavy (non-hydrogen) atoms. The minimum atomic E-state index is -0.660. The van der Waals surface area contributed by atoms with Crippen LogP contribution in [0.15, 0.2) is 52.9 Å². The van der Waals surface area contributed by atoms with E-state index in [2.05, 4.69) is 5.32 Å². The number of amides is 1. The second-order valence-electron chi connectivity index (χ2n) is 5.87. The molecule has 150 valence electrons. The van der Waals surface area contributed by atoms with Crippen LogP contribution in [0.3, 0.4) is 0 Å². The second-order valence-corrected chi connectivity index (χ2v) is 5.87. The van der Waals surface area contributed by atoms with Gasteiger partial charge < -0.3 is 23.9 Å². The summed E-state index contributed by atoms with van der Waals surface area (Å²) < 4.78 is 33.8. The van der Waals surface area contributed by atoms with Crippen molar-refractivity contribution in [2.45, 2.75) is 0 Å². The maximum absolute atomic E-state index is 13.1. The first-order chi connectivity index (χ1) is 14.0. The van der Waals surface area contributed by atoms with Gasteiger partial charge in [-0.15, -0.1) is 0 Å². The average molecular weight is 399 g/mol. The molecule has 0 aliphatic rings. The molecule has 0 aliphatic heterocycles. The van der Waals surface area contributed by atoms with Gasteiger partial charge in [0.2, 0.25) is 0 Å². The predicted molar refractivity (Wildman–Crippen MR) is 103 cm³/mol. The molecule has 0 fully saturated rings. The molecule has 0 bridgehead atoms. The Labute approximate surface area is 166 Å². The molecule has 0 saturated carbocycles. The number of carbonyl (C=O) groups is 2. The van der Waals surface area contributed by atoms with E-state index >= 15 is 0 Å². The first-order valence-corrected chi connectivity index (χ1v) is 8.48. The van der Waals surface area contributed by atoms with E-state index in [1.807, 2.05) is 0 Å². The molecule has 3 aromatic rings. The van der Waals surface area contributed by atoms with Crippen LogP contribution in [0.25, 0.3) is 11.3 Å². The van der Waals surface area contributed by atoms with Crippen LogP contribution in [-0.4, -0.2) is 33.2 Å². The standard InChI is InChI=1S/C21H18FNO6/c1-26-18-10-14(21(25)28-3)15(11-19(18)27-2)23-20(24)17-9-8-16(29-17)12-4-6-13(22)7-5-12/h4-11H,1-3H3,(H,23,24). The number of halogens is 1. The summed E-state index contributed by atoms with van der Waals surface area (Å²) in [5.41, 5.74) is 0.870. The number of esters is 1. The number of benzene rings is 2. The van der Waals surface area contributed by atoms with Crippen molar-refractivity contribution in [2.75, 3.05) is 26.6 Å². The van der Waals surface area contributed by atoms with E-state index in [1.54, 1.807) is 18.2 Å². The first-order valence-electron chi connectivity index (χ1n) is 8.48. The highest BCUT2D eigenvalue weighted by Gasteiger charge is 2.21. The lowest BCUT2D eigenvalue weighted by molar-refractivity contribution is 0.0601. The van der Waals surface area contributed by atoms with Gasteiger partial charge in [0.25, 0.3) is 5.91 Å². The third-order valence-electron chi connectivity index (χ3n) is 4.14. The third-order valence-corrected chi connectivity index (χ3v) is 4.14. The van der Waals surface area contributed by atoms with E-state index in [4.69, 9.17) is 18.6 Å². The molecule has 0 radical (unpaired) electrons. The number of anilines is 1. The summed E-state index contributed by atoms with van der Waals surface area (Å²) in [6.45, 7) is 0. The Hall–Kier alpha value is -3.81. The number of nitrogens with one attached hydrogen (secondary N) is 1. The van der Waals surface area contributed by atoms with Crippen molar-refractivity contribution in [2.24, 2.45) is 0 Å². The summed E-state index contributed by atoms with van der Waals surface area (Å²) in [7, 11) is 4.09. The normalized spacial score (nSPS) is 10.3. The van der Waals surface area contributed by atoms with E-state index in [0.717, 1.165) is 0 Å². The van der Waals surface area contributed by atoms with Crippen LogP contribution in [0.5, 0.6) is 11.5 Å². The molecule has 2 aromatic carbocycles. The van der Waals surface area contributed by atoms with Crippen molar-refractivity contribution in [3.05, 3.63) is 65.7 Å². The Morgan fingerprint density at radius 1 is 0.931 bits per heavy atom. The molecule has 0 saturated heterocycles. The highest BCUT2D eigenvalue weighted by Crippen LogP contribution is 2.34. The van der Waals surface area contributed by atoms with Gasteiger partial charge in [0.1, 0.15) is 11.6 Å². The fraction of sp³-hybridized carbons (Fsp3) is 0.143. The average Bonchev–Trinajstić information content (AvgIpc) is 3.23. The summed E-state index contributed by atoms with van der Waals surface area (Å²) in [6, 6.07) is 11.6. The van der Waals surface area contributed by atoms with Gasteiger partial charge in [-0.05, 0) is 36.4 Å². The monoisotopic (exact) mass is 399 g/mol. The lowest BCUT2D eigenvalue weighted by Gasteiger charge is -2.14. The van der Waals surface area contributed by atoms with Crippen molar-refractivity contribution in [1.82, 2.24) is 0 Å². The van der Waals surface area contributed by atoms with Crippen molar-refractivity contribution in [1.29, 1.82) is 0 Å². The van der Waals surface area contributed by atoms with Crippen molar-refractivity contribution >= 4 is 17.6 Å². The zero-order valence-corrected chi connectivity index (χ0v) is 15.9. The Kier molecular flexibility index (Phi) is 5.82. The SMILES string of the molecule is COC(=O)c1cc(OC)c(OC)cc1NC(=O)c1ccc(-c2ccc(F)cc2)o1. The highest BCUT2D eigenvalue weighted by atomic mass is 19.1. The molecule has 0 spiro atoms. The van der Waals surface area contributed by atoms with E-state index in [1.165, 1.54) is 51.7 Å². The molecule has 1 N–H and O–H groups in total. The fourth-order valence-corrected chi connectivity index (χ4v) is 2.67. The summed E-state index contributed by atoms with van der Waals surface area (Å²) in [5, 5.41) is 2.61. The fourth-order valence-electron chi connectivity index (χ4n) is 2.67. The maximum atomic E-state index is 13.1. The molecule has 1 heterocycles. The number of carbonyl (C=O) groups excluding carboxylic acids is 2. The van der Waals surface area contributed by atoms with Gasteiger partial charge in [0, 0.05) is 17.7 Å². The molecular formula is C21H18FNO6. The Morgan fingerprint density at radius 3 is 2.21 bits per heavy atom. The highest BCUT2D eigenvalue weighted by molar-refractivity contribution is 6.07. The number of ether oxygens (including phenoxy) is 3. The first kappa shape index (κ1) is 19.9. The van der Waals surface area contributed by atoms with Gasteiger partial charge in [-0.25, -0.2) is 9.18 Å². The zero-order chi connectivity index (χ0) is 21.0. The summed E-state index contributed by atoms with van der Waals surface area (Å²) in [5.74, 6) is -0.583.